The van der Waals surface area contributed by atoms with E-state index in [1.165, 1.54) is 0 Å². The highest BCUT2D eigenvalue weighted by molar-refractivity contribution is 7.99. The first-order valence-corrected chi connectivity index (χ1v) is 12.4. The Labute approximate surface area is 181 Å². The Balaban J connectivity index is 1.56. The van der Waals surface area contributed by atoms with Crippen LogP contribution in [0.25, 0.3) is 0 Å². The van der Waals surface area contributed by atoms with Crippen molar-refractivity contribution < 1.29 is 18.0 Å². The fourth-order valence-corrected chi connectivity index (χ4v) is 4.81. The number of benzene rings is 2. The van der Waals surface area contributed by atoms with E-state index < -0.39 is 10.0 Å². The topological polar surface area (TPSA) is 95.6 Å². The Morgan fingerprint density at radius 3 is 2.63 bits per heavy atom. The monoisotopic (exact) mass is 447 g/mol. The number of aryl methyl sites for hydroxylation is 1. The van der Waals surface area contributed by atoms with Gasteiger partial charge in [-0.3, -0.25) is 14.3 Å². The molecule has 0 bridgehead atoms. The number of amides is 2. The van der Waals surface area contributed by atoms with Crippen LogP contribution in [0, 0.1) is 6.92 Å². The Morgan fingerprint density at radius 2 is 1.90 bits per heavy atom. The van der Waals surface area contributed by atoms with Crippen molar-refractivity contribution in [2.75, 3.05) is 33.0 Å². The standard InChI is InChI=1S/C21H25N3O4S2/c1-3-30(27,28)23-17-9-8-16(14-15(17)2)22-20(25)10-11-21(26)24-12-13-29-19-7-5-4-6-18(19)24/h4-9,14,23H,3,10-13H2,1-2H3,(H,22,25). The highest BCUT2D eigenvalue weighted by Crippen LogP contribution is 2.34. The molecule has 7 nitrogen and oxygen atoms in total. The van der Waals surface area contributed by atoms with Gasteiger partial charge in [0.1, 0.15) is 0 Å². The maximum atomic E-state index is 12.6. The normalized spacial score (nSPS) is 13.5. The summed E-state index contributed by atoms with van der Waals surface area (Å²) in [5.41, 5.74) is 2.64. The number of carbonyl (C=O) groups is 2. The molecule has 0 aliphatic carbocycles. The van der Waals surface area contributed by atoms with Gasteiger partial charge in [-0.15, -0.1) is 11.8 Å². The molecule has 2 N–H and O–H groups in total. The van der Waals surface area contributed by atoms with Gasteiger partial charge in [-0.2, -0.15) is 0 Å². The molecule has 3 rings (SSSR count). The number of nitrogens with zero attached hydrogens (tertiary/aromatic N) is 1. The van der Waals surface area contributed by atoms with E-state index in [4.69, 9.17) is 0 Å². The van der Waals surface area contributed by atoms with Crippen molar-refractivity contribution in [1.82, 2.24) is 0 Å². The molecule has 160 valence electrons. The molecule has 0 unspecified atom stereocenters. The third-order valence-electron chi connectivity index (χ3n) is 4.75. The number of carbonyl (C=O) groups excluding carboxylic acids is 2. The van der Waals surface area contributed by atoms with Crippen LogP contribution in [-0.4, -0.2) is 38.3 Å². The summed E-state index contributed by atoms with van der Waals surface area (Å²) >= 11 is 1.73. The lowest BCUT2D eigenvalue weighted by Gasteiger charge is -2.29. The van der Waals surface area contributed by atoms with Crippen molar-refractivity contribution in [2.24, 2.45) is 0 Å². The summed E-state index contributed by atoms with van der Waals surface area (Å²) in [5.74, 6) is 0.490. The van der Waals surface area contributed by atoms with Crippen molar-refractivity contribution >= 4 is 50.7 Å². The van der Waals surface area contributed by atoms with Crippen LogP contribution in [-0.2, 0) is 19.6 Å². The number of para-hydroxylation sites is 1. The minimum Gasteiger partial charge on any atom is -0.326 e. The second-order valence-corrected chi connectivity index (χ2v) is 10.1. The molecule has 2 aromatic rings. The van der Waals surface area contributed by atoms with Crippen molar-refractivity contribution in [3.8, 4) is 0 Å². The fourth-order valence-electron chi connectivity index (χ4n) is 3.10. The molecule has 9 heteroatoms. The first kappa shape index (κ1) is 22.2. The zero-order valence-electron chi connectivity index (χ0n) is 17.0. The fraction of sp³-hybridized carbons (Fsp3) is 0.333. The highest BCUT2D eigenvalue weighted by atomic mass is 32.2. The van der Waals surface area contributed by atoms with Gasteiger partial charge in [-0.05, 0) is 49.7 Å². The minimum atomic E-state index is -3.36. The van der Waals surface area contributed by atoms with Crippen LogP contribution in [0.3, 0.4) is 0 Å². The van der Waals surface area contributed by atoms with Gasteiger partial charge in [0.15, 0.2) is 0 Å². The van der Waals surface area contributed by atoms with Gasteiger partial charge in [-0.25, -0.2) is 8.42 Å². The van der Waals surface area contributed by atoms with Crippen LogP contribution in [0.15, 0.2) is 47.4 Å². The molecule has 0 saturated carbocycles. The maximum absolute atomic E-state index is 12.6. The summed E-state index contributed by atoms with van der Waals surface area (Å²) in [5, 5.41) is 2.77. The van der Waals surface area contributed by atoms with E-state index in [-0.39, 0.29) is 30.4 Å². The van der Waals surface area contributed by atoms with Crippen LogP contribution in [0.2, 0.25) is 0 Å². The van der Waals surface area contributed by atoms with E-state index in [1.54, 1.807) is 48.7 Å². The second-order valence-electron chi connectivity index (χ2n) is 6.94. The van der Waals surface area contributed by atoms with Crippen molar-refractivity contribution in [1.29, 1.82) is 0 Å². The number of nitrogens with one attached hydrogen (secondary N) is 2. The number of hydrogen-bond acceptors (Lipinski definition) is 5. The van der Waals surface area contributed by atoms with Gasteiger partial charge in [0.05, 0.1) is 17.1 Å². The predicted octanol–water partition coefficient (Wildman–Crippen LogP) is 3.61. The maximum Gasteiger partial charge on any atom is 0.232 e. The third-order valence-corrected chi connectivity index (χ3v) is 7.09. The predicted molar refractivity (Wildman–Crippen MR) is 122 cm³/mol. The average molecular weight is 448 g/mol. The molecular weight excluding hydrogens is 422 g/mol. The largest absolute Gasteiger partial charge is 0.326 e. The van der Waals surface area contributed by atoms with Crippen LogP contribution >= 0.6 is 11.8 Å². The Bertz CT molecular complexity index is 1050. The SMILES string of the molecule is CCS(=O)(=O)Nc1ccc(NC(=O)CCC(=O)N2CCSc3ccccc32)cc1C. The number of rotatable bonds is 7. The first-order chi connectivity index (χ1) is 14.3. The molecular formula is C21H25N3O4S2. The van der Waals surface area contributed by atoms with E-state index >= 15 is 0 Å². The van der Waals surface area contributed by atoms with Crippen LogP contribution in [0.1, 0.15) is 25.3 Å². The van der Waals surface area contributed by atoms with E-state index in [9.17, 15) is 18.0 Å². The smallest absolute Gasteiger partial charge is 0.232 e. The molecule has 2 aromatic carbocycles. The van der Waals surface area contributed by atoms with Crippen molar-refractivity contribution in [2.45, 2.75) is 31.6 Å². The molecule has 0 fully saturated rings. The molecule has 0 spiro atoms. The molecule has 2 amide bonds. The van der Waals surface area contributed by atoms with Crippen LogP contribution < -0.4 is 14.9 Å². The second kappa shape index (κ2) is 9.53. The summed E-state index contributed by atoms with van der Waals surface area (Å²) in [6, 6.07) is 12.7. The number of thioether (sulfide) groups is 1. The molecule has 30 heavy (non-hydrogen) atoms. The van der Waals surface area contributed by atoms with Gasteiger partial charge in [-0.1, -0.05) is 12.1 Å². The van der Waals surface area contributed by atoms with E-state index in [2.05, 4.69) is 10.0 Å². The lowest BCUT2D eigenvalue weighted by molar-refractivity contribution is -0.122. The minimum absolute atomic E-state index is 0.0147. The molecule has 0 atom stereocenters. The quantitative estimate of drug-likeness (QED) is 0.676. The lowest BCUT2D eigenvalue weighted by Crippen LogP contribution is -2.35. The molecule has 0 radical (unpaired) electrons. The van der Waals surface area contributed by atoms with Gasteiger partial charge >= 0.3 is 0 Å². The number of anilines is 3. The van der Waals surface area contributed by atoms with Gasteiger partial charge in [0.25, 0.3) is 0 Å². The van der Waals surface area contributed by atoms with E-state index in [0.717, 1.165) is 16.3 Å². The zero-order chi connectivity index (χ0) is 21.7. The zero-order valence-corrected chi connectivity index (χ0v) is 18.6. The van der Waals surface area contributed by atoms with Gasteiger partial charge in [0.2, 0.25) is 21.8 Å². The van der Waals surface area contributed by atoms with E-state index in [1.807, 2.05) is 24.3 Å². The van der Waals surface area contributed by atoms with Crippen LogP contribution in [0.5, 0.6) is 0 Å². The molecule has 0 saturated heterocycles. The Hall–Kier alpha value is -2.52. The Kier molecular flexibility index (Phi) is 7.04. The van der Waals surface area contributed by atoms with Gasteiger partial charge < -0.3 is 10.2 Å². The molecule has 0 aromatic heterocycles. The van der Waals surface area contributed by atoms with Gasteiger partial charge in [0, 0.05) is 35.7 Å². The van der Waals surface area contributed by atoms with Crippen molar-refractivity contribution in [3.05, 3.63) is 48.0 Å². The summed E-state index contributed by atoms with van der Waals surface area (Å²) in [4.78, 5) is 27.8. The van der Waals surface area contributed by atoms with E-state index in [0.29, 0.717) is 23.5 Å². The highest BCUT2D eigenvalue weighted by Gasteiger charge is 2.23. The summed E-state index contributed by atoms with van der Waals surface area (Å²) in [7, 11) is -3.36. The third kappa shape index (κ3) is 5.54. The van der Waals surface area contributed by atoms with Crippen molar-refractivity contribution in [3.63, 3.8) is 0 Å². The lowest BCUT2D eigenvalue weighted by atomic mass is 10.1. The number of hydrogen-bond donors (Lipinski definition) is 2. The Morgan fingerprint density at radius 1 is 1.13 bits per heavy atom. The summed E-state index contributed by atoms with van der Waals surface area (Å²) in [6.07, 6.45) is 0.201. The first-order valence-electron chi connectivity index (χ1n) is 9.72. The number of fused-ring (bicyclic) bond motifs is 1. The summed E-state index contributed by atoms with van der Waals surface area (Å²) in [6.45, 7) is 3.96. The molecule has 1 aliphatic rings. The molecule has 1 heterocycles. The molecule has 1 aliphatic heterocycles. The van der Waals surface area contributed by atoms with Crippen LogP contribution in [0.4, 0.5) is 17.1 Å². The summed E-state index contributed by atoms with van der Waals surface area (Å²) < 4.78 is 26.0. The average Bonchev–Trinajstić information content (AvgIpc) is 2.73. The number of sulfonamides is 1.